The fraction of sp³-hybridized carbons (Fsp3) is 0.364. The van der Waals surface area contributed by atoms with Crippen molar-refractivity contribution in [2.24, 2.45) is 0 Å². The minimum atomic E-state index is -1.05. The molecule has 0 aliphatic carbocycles. The van der Waals surface area contributed by atoms with E-state index >= 15 is 0 Å². The van der Waals surface area contributed by atoms with Crippen LogP contribution in [0.15, 0.2) is 24.5 Å². The normalized spacial score (nSPS) is 11.8. The van der Waals surface area contributed by atoms with Gasteiger partial charge in [-0.1, -0.05) is 0 Å². The smallest absolute Gasteiger partial charge is 0.327 e. The number of hydrogen-bond acceptors (Lipinski definition) is 4. The van der Waals surface area contributed by atoms with Gasteiger partial charge in [-0.05, 0) is 17.7 Å². The molecule has 92 valence electrons. The average Bonchev–Trinajstić information content (AvgIpc) is 2.28. The quantitative estimate of drug-likeness (QED) is 0.635. The van der Waals surface area contributed by atoms with Crippen LogP contribution in [0.2, 0.25) is 0 Å². The molecule has 1 aromatic heterocycles. The Balaban J connectivity index is 2.37. The Kier molecular flexibility index (Phi) is 5.09. The van der Waals surface area contributed by atoms with Gasteiger partial charge in [-0.15, -0.1) is 0 Å². The molecule has 6 nitrogen and oxygen atoms in total. The second kappa shape index (κ2) is 6.59. The highest BCUT2D eigenvalue weighted by molar-refractivity contribution is 5.82. The molecule has 0 radical (unpaired) electrons. The lowest BCUT2D eigenvalue weighted by atomic mass is 10.2. The second-order valence-electron chi connectivity index (χ2n) is 3.58. The van der Waals surface area contributed by atoms with Gasteiger partial charge in [-0.2, -0.15) is 0 Å². The number of aliphatic carboxylic acids is 1. The molecule has 3 N–H and O–H groups in total. The lowest BCUT2D eigenvalue weighted by molar-refractivity contribution is -0.141. The largest absolute Gasteiger partial charge is 0.480 e. The van der Waals surface area contributed by atoms with Crippen LogP contribution in [0, 0.1) is 0 Å². The number of rotatable bonds is 6. The molecule has 0 spiro atoms. The van der Waals surface area contributed by atoms with Crippen LogP contribution in [0.5, 0.6) is 0 Å². The molecule has 1 unspecified atom stereocenters. The third-order valence-electron chi connectivity index (χ3n) is 2.10. The van der Waals surface area contributed by atoms with Gasteiger partial charge in [-0.3, -0.25) is 9.78 Å². The highest BCUT2D eigenvalue weighted by Crippen LogP contribution is 1.95. The van der Waals surface area contributed by atoms with E-state index in [1.807, 2.05) is 12.1 Å². The van der Waals surface area contributed by atoms with Gasteiger partial charge in [0.15, 0.2) is 0 Å². The molecular formula is C11H15N3O3. The van der Waals surface area contributed by atoms with Crippen LogP contribution in [0.1, 0.15) is 12.5 Å². The first-order chi connectivity index (χ1) is 8.09. The van der Waals surface area contributed by atoms with Gasteiger partial charge >= 0.3 is 5.97 Å². The van der Waals surface area contributed by atoms with Crippen molar-refractivity contribution in [2.45, 2.75) is 19.5 Å². The third-order valence-corrected chi connectivity index (χ3v) is 2.10. The summed E-state index contributed by atoms with van der Waals surface area (Å²) in [7, 11) is 0. The summed E-state index contributed by atoms with van der Waals surface area (Å²) in [6.45, 7) is 2.00. The predicted molar refractivity (Wildman–Crippen MR) is 61.2 cm³/mol. The molecule has 0 aliphatic rings. The summed E-state index contributed by atoms with van der Waals surface area (Å²) in [6, 6.07) is 2.76. The molecule has 1 atom stereocenters. The first-order valence-electron chi connectivity index (χ1n) is 5.19. The van der Waals surface area contributed by atoms with Crippen LogP contribution in [-0.4, -0.2) is 34.6 Å². The maximum Gasteiger partial charge on any atom is 0.327 e. The number of hydrogen-bond donors (Lipinski definition) is 3. The number of nitrogens with one attached hydrogen (secondary N) is 2. The molecule has 0 saturated carbocycles. The number of carbonyl (C=O) groups excluding carboxylic acids is 1. The Morgan fingerprint density at radius 2 is 2.06 bits per heavy atom. The second-order valence-corrected chi connectivity index (χ2v) is 3.58. The van der Waals surface area contributed by atoms with Crippen molar-refractivity contribution in [3.63, 3.8) is 0 Å². The van der Waals surface area contributed by atoms with Crippen LogP contribution >= 0.6 is 0 Å². The Bertz CT molecular complexity index is 381. The van der Waals surface area contributed by atoms with Crippen molar-refractivity contribution >= 4 is 11.9 Å². The van der Waals surface area contributed by atoms with Crippen LogP contribution in [0.25, 0.3) is 0 Å². The number of pyridine rings is 1. The Hall–Kier alpha value is -1.95. The van der Waals surface area contributed by atoms with E-state index in [0.29, 0.717) is 6.54 Å². The van der Waals surface area contributed by atoms with E-state index in [1.165, 1.54) is 6.92 Å². The van der Waals surface area contributed by atoms with Crippen LogP contribution in [-0.2, 0) is 16.1 Å². The fourth-order valence-electron chi connectivity index (χ4n) is 1.31. The van der Waals surface area contributed by atoms with E-state index in [9.17, 15) is 9.59 Å². The minimum Gasteiger partial charge on any atom is -0.480 e. The summed E-state index contributed by atoms with van der Waals surface area (Å²) in [5.74, 6) is -1.41. The standard InChI is InChI=1S/C11H15N3O3/c1-8(15)14-10(11(16)17)7-13-6-9-2-4-12-5-3-9/h2-5,10,13H,6-7H2,1H3,(H,14,15)(H,16,17). The summed E-state index contributed by atoms with van der Waals surface area (Å²) in [4.78, 5) is 25.5. The SMILES string of the molecule is CC(=O)NC(CNCc1ccncc1)C(=O)O. The molecule has 0 bridgehead atoms. The Labute approximate surface area is 99.1 Å². The van der Waals surface area contributed by atoms with E-state index in [2.05, 4.69) is 15.6 Å². The molecule has 0 aliphatic heterocycles. The molecular weight excluding hydrogens is 222 g/mol. The molecule has 1 aromatic rings. The van der Waals surface area contributed by atoms with Crippen molar-refractivity contribution in [1.29, 1.82) is 0 Å². The number of aromatic nitrogens is 1. The van der Waals surface area contributed by atoms with Crippen molar-refractivity contribution in [3.05, 3.63) is 30.1 Å². The Morgan fingerprint density at radius 1 is 1.41 bits per heavy atom. The van der Waals surface area contributed by atoms with Crippen molar-refractivity contribution in [1.82, 2.24) is 15.6 Å². The predicted octanol–water partition coefficient (Wildman–Crippen LogP) is -0.240. The van der Waals surface area contributed by atoms with E-state index in [-0.39, 0.29) is 12.5 Å². The zero-order valence-corrected chi connectivity index (χ0v) is 9.51. The third kappa shape index (κ3) is 5.07. The lowest BCUT2D eigenvalue weighted by Crippen LogP contribution is -2.46. The average molecular weight is 237 g/mol. The van der Waals surface area contributed by atoms with Crippen LogP contribution < -0.4 is 10.6 Å². The summed E-state index contributed by atoms with van der Waals surface area (Å²) in [5.41, 5.74) is 1.01. The minimum absolute atomic E-state index is 0.178. The molecule has 1 amide bonds. The highest BCUT2D eigenvalue weighted by Gasteiger charge is 2.17. The monoisotopic (exact) mass is 237 g/mol. The first-order valence-corrected chi connectivity index (χ1v) is 5.19. The number of carboxylic acids is 1. The van der Waals surface area contributed by atoms with Gasteiger partial charge in [0.05, 0.1) is 0 Å². The zero-order valence-electron chi connectivity index (χ0n) is 9.51. The van der Waals surface area contributed by atoms with Crippen molar-refractivity contribution < 1.29 is 14.7 Å². The maximum absolute atomic E-state index is 10.8. The van der Waals surface area contributed by atoms with Crippen molar-refractivity contribution in [3.8, 4) is 0 Å². The highest BCUT2D eigenvalue weighted by atomic mass is 16.4. The molecule has 6 heteroatoms. The number of carbonyl (C=O) groups is 2. The molecule has 0 fully saturated rings. The maximum atomic E-state index is 10.8. The number of amides is 1. The van der Waals surface area contributed by atoms with Crippen LogP contribution in [0.3, 0.4) is 0 Å². The topological polar surface area (TPSA) is 91.3 Å². The van der Waals surface area contributed by atoms with E-state index in [0.717, 1.165) is 5.56 Å². The summed E-state index contributed by atoms with van der Waals surface area (Å²) < 4.78 is 0. The molecule has 1 rings (SSSR count). The molecule has 17 heavy (non-hydrogen) atoms. The van der Waals surface area contributed by atoms with E-state index in [4.69, 9.17) is 5.11 Å². The molecule has 0 aromatic carbocycles. The van der Waals surface area contributed by atoms with Gasteiger partial charge in [0, 0.05) is 32.4 Å². The van der Waals surface area contributed by atoms with Gasteiger partial charge < -0.3 is 15.7 Å². The first kappa shape index (κ1) is 13.1. The van der Waals surface area contributed by atoms with Gasteiger partial charge in [-0.25, -0.2) is 4.79 Å². The van der Waals surface area contributed by atoms with Crippen LogP contribution in [0.4, 0.5) is 0 Å². The number of carboxylic acid groups (broad SMARTS) is 1. The van der Waals surface area contributed by atoms with E-state index < -0.39 is 12.0 Å². The summed E-state index contributed by atoms with van der Waals surface area (Å²) in [5, 5.41) is 14.2. The van der Waals surface area contributed by atoms with Gasteiger partial charge in [0.25, 0.3) is 0 Å². The lowest BCUT2D eigenvalue weighted by Gasteiger charge is -2.13. The molecule has 1 heterocycles. The number of nitrogens with zero attached hydrogens (tertiary/aromatic N) is 1. The fourth-order valence-corrected chi connectivity index (χ4v) is 1.31. The van der Waals surface area contributed by atoms with Gasteiger partial charge in [0.2, 0.25) is 5.91 Å². The zero-order chi connectivity index (χ0) is 12.7. The van der Waals surface area contributed by atoms with Crippen molar-refractivity contribution in [2.75, 3.05) is 6.54 Å². The Morgan fingerprint density at radius 3 is 2.59 bits per heavy atom. The van der Waals surface area contributed by atoms with E-state index in [1.54, 1.807) is 12.4 Å². The summed E-state index contributed by atoms with van der Waals surface area (Å²) >= 11 is 0. The molecule has 0 saturated heterocycles. The summed E-state index contributed by atoms with van der Waals surface area (Å²) in [6.07, 6.45) is 3.33. The van der Waals surface area contributed by atoms with Gasteiger partial charge in [0.1, 0.15) is 6.04 Å².